The second kappa shape index (κ2) is 7.10. The van der Waals surface area contributed by atoms with Gasteiger partial charge in [0.15, 0.2) is 0 Å². The van der Waals surface area contributed by atoms with Gasteiger partial charge in [0.05, 0.1) is 11.2 Å². The lowest BCUT2D eigenvalue weighted by Crippen LogP contribution is -2.74. The Balaban J connectivity index is 0.000000221. The molecule has 3 atom stereocenters. The SMILES string of the molecule is CC1(O)CCC2C[C@@]1(O)C2(C)C.OBOCCCCBr. The fourth-order valence-corrected chi connectivity index (χ4v) is 3.88. The molecule has 0 aromatic carbocycles. The molecule has 0 spiro atoms. The minimum atomic E-state index is -0.870. The number of alkyl halides is 1. The largest absolute Gasteiger partial charge is 0.435 e. The molecule has 0 radical (unpaired) electrons. The zero-order valence-electron chi connectivity index (χ0n) is 12.9. The van der Waals surface area contributed by atoms with Gasteiger partial charge in [-0.3, -0.25) is 0 Å². The third-order valence-electron chi connectivity index (χ3n) is 5.26. The van der Waals surface area contributed by atoms with Gasteiger partial charge in [-0.15, -0.1) is 0 Å². The Bertz CT molecular complexity index is 296. The van der Waals surface area contributed by atoms with Gasteiger partial charge in [-0.2, -0.15) is 0 Å². The number of hydrogen-bond acceptors (Lipinski definition) is 4. The quantitative estimate of drug-likeness (QED) is 0.401. The van der Waals surface area contributed by atoms with Gasteiger partial charge in [-0.25, -0.2) is 0 Å². The van der Waals surface area contributed by atoms with Gasteiger partial charge in [0.2, 0.25) is 0 Å². The van der Waals surface area contributed by atoms with E-state index in [4.69, 9.17) is 5.02 Å². The summed E-state index contributed by atoms with van der Waals surface area (Å²) in [5.41, 5.74) is -1.79. The second-order valence-corrected chi connectivity index (χ2v) is 7.52. The predicted molar refractivity (Wildman–Crippen MR) is 85.0 cm³/mol. The van der Waals surface area contributed by atoms with Crippen LogP contribution in [0.1, 0.15) is 52.9 Å². The Kier molecular flexibility index (Phi) is 6.54. The van der Waals surface area contributed by atoms with E-state index in [2.05, 4.69) is 34.4 Å². The molecular formula is C14H28BBrO4. The van der Waals surface area contributed by atoms with E-state index >= 15 is 0 Å². The number of aliphatic hydroxyl groups is 2. The molecular weight excluding hydrogens is 323 g/mol. The molecule has 0 heterocycles. The summed E-state index contributed by atoms with van der Waals surface area (Å²) in [7, 11) is -0.151. The highest BCUT2D eigenvalue weighted by atomic mass is 79.9. The summed E-state index contributed by atoms with van der Waals surface area (Å²) < 4.78 is 4.67. The van der Waals surface area contributed by atoms with Crippen LogP contribution in [0.25, 0.3) is 0 Å². The molecule has 6 heteroatoms. The number of hydrogen-bond donors (Lipinski definition) is 3. The van der Waals surface area contributed by atoms with Crippen LogP contribution in [0.5, 0.6) is 0 Å². The average Bonchev–Trinajstić information content (AvgIpc) is 2.38. The van der Waals surface area contributed by atoms with E-state index < -0.39 is 11.2 Å². The number of rotatable bonds is 5. The van der Waals surface area contributed by atoms with Crippen molar-refractivity contribution in [3.8, 4) is 0 Å². The highest BCUT2D eigenvalue weighted by molar-refractivity contribution is 9.09. The maximum atomic E-state index is 10.2. The van der Waals surface area contributed by atoms with Crippen molar-refractivity contribution in [2.75, 3.05) is 11.9 Å². The van der Waals surface area contributed by atoms with Crippen LogP contribution in [0.15, 0.2) is 0 Å². The first kappa shape index (κ1) is 18.4. The summed E-state index contributed by atoms with van der Waals surface area (Å²) in [6, 6.07) is 0. The summed E-state index contributed by atoms with van der Waals surface area (Å²) in [6.45, 7) is 6.57. The van der Waals surface area contributed by atoms with E-state index in [9.17, 15) is 10.2 Å². The monoisotopic (exact) mass is 350 g/mol. The van der Waals surface area contributed by atoms with E-state index in [0.717, 1.165) is 37.4 Å². The van der Waals surface area contributed by atoms with Gasteiger partial charge in [0, 0.05) is 11.9 Å². The van der Waals surface area contributed by atoms with Crippen LogP contribution in [0.3, 0.4) is 0 Å². The lowest BCUT2D eigenvalue weighted by Gasteiger charge is -2.68. The molecule has 0 amide bonds. The summed E-state index contributed by atoms with van der Waals surface area (Å²) in [6.07, 6.45) is 4.72. The Morgan fingerprint density at radius 3 is 2.30 bits per heavy atom. The molecule has 20 heavy (non-hydrogen) atoms. The lowest BCUT2D eigenvalue weighted by molar-refractivity contribution is -0.312. The Labute approximate surface area is 131 Å². The van der Waals surface area contributed by atoms with E-state index in [1.807, 2.05) is 0 Å². The van der Waals surface area contributed by atoms with Crippen molar-refractivity contribution in [3.63, 3.8) is 0 Å². The summed E-state index contributed by atoms with van der Waals surface area (Å²) >= 11 is 3.28. The molecule has 118 valence electrons. The lowest BCUT2D eigenvalue weighted by atomic mass is 9.41. The predicted octanol–water partition coefficient (Wildman–Crippen LogP) is 1.75. The van der Waals surface area contributed by atoms with Crippen LogP contribution in [-0.2, 0) is 4.65 Å². The number of halogens is 1. The average molecular weight is 351 g/mol. The highest BCUT2D eigenvalue weighted by Gasteiger charge is 2.69. The van der Waals surface area contributed by atoms with Crippen LogP contribution in [0.4, 0.5) is 0 Å². The Morgan fingerprint density at radius 2 is 1.90 bits per heavy atom. The third kappa shape index (κ3) is 3.41. The first-order valence-electron chi connectivity index (χ1n) is 7.42. The van der Waals surface area contributed by atoms with Crippen LogP contribution in [0.2, 0.25) is 0 Å². The fraction of sp³-hybridized carbons (Fsp3) is 1.00. The smallest absolute Gasteiger partial charge is 0.430 e. The van der Waals surface area contributed by atoms with Crippen molar-refractivity contribution >= 4 is 23.6 Å². The molecule has 3 rings (SSSR count). The van der Waals surface area contributed by atoms with Crippen LogP contribution in [0, 0.1) is 11.3 Å². The highest BCUT2D eigenvalue weighted by Crippen LogP contribution is 2.65. The van der Waals surface area contributed by atoms with Gasteiger partial charge >= 0.3 is 7.69 Å². The van der Waals surface area contributed by atoms with E-state index in [1.54, 1.807) is 6.92 Å². The number of unbranched alkanes of at least 4 members (excludes halogenated alkanes) is 1. The molecule has 2 bridgehead atoms. The molecule has 2 unspecified atom stereocenters. The van der Waals surface area contributed by atoms with Crippen molar-refractivity contribution in [1.29, 1.82) is 0 Å². The fourth-order valence-electron chi connectivity index (χ4n) is 3.48. The van der Waals surface area contributed by atoms with Crippen LogP contribution < -0.4 is 0 Å². The maximum Gasteiger partial charge on any atom is 0.435 e. The van der Waals surface area contributed by atoms with Gasteiger partial charge in [-0.1, -0.05) is 29.8 Å². The molecule has 3 N–H and O–H groups in total. The van der Waals surface area contributed by atoms with Crippen molar-refractivity contribution in [3.05, 3.63) is 0 Å². The zero-order chi connectivity index (χ0) is 15.4. The van der Waals surface area contributed by atoms with Crippen LogP contribution >= 0.6 is 15.9 Å². The standard InChI is InChI=1S/C10H18O2.C4H10BBrO2/c1-8(2)7-4-5-9(3,11)10(8,12)6-7;6-3-1-2-4-8-5-7/h7,11-12H,4-6H2,1-3H3;5,7H,1-4H2/t7?,9?,10-;/m1./s1. The van der Waals surface area contributed by atoms with E-state index in [-0.39, 0.29) is 13.1 Å². The molecule has 3 aliphatic carbocycles. The molecule has 0 saturated heterocycles. The molecule has 3 fully saturated rings. The minimum absolute atomic E-state index is 0.0885. The van der Waals surface area contributed by atoms with Crippen molar-refractivity contribution < 1.29 is 19.9 Å². The van der Waals surface area contributed by atoms with Crippen molar-refractivity contribution in [2.45, 2.75) is 64.1 Å². The van der Waals surface area contributed by atoms with Gasteiger partial charge in [-0.05, 0) is 50.4 Å². The van der Waals surface area contributed by atoms with E-state index in [0.29, 0.717) is 12.5 Å². The minimum Gasteiger partial charge on any atom is -0.430 e. The van der Waals surface area contributed by atoms with Gasteiger partial charge in [0.1, 0.15) is 0 Å². The molecule has 0 aromatic heterocycles. The van der Waals surface area contributed by atoms with Gasteiger partial charge < -0.3 is 19.9 Å². The first-order chi connectivity index (χ1) is 9.23. The molecule has 4 nitrogen and oxygen atoms in total. The topological polar surface area (TPSA) is 69.9 Å². The Morgan fingerprint density at radius 1 is 1.25 bits per heavy atom. The first-order valence-corrected chi connectivity index (χ1v) is 8.54. The second-order valence-electron chi connectivity index (χ2n) is 6.73. The molecule has 0 aromatic rings. The summed E-state index contributed by atoms with van der Waals surface area (Å²) in [4.78, 5) is 0. The summed E-state index contributed by atoms with van der Waals surface area (Å²) in [5.74, 6) is 0.614. The van der Waals surface area contributed by atoms with Crippen molar-refractivity contribution in [2.24, 2.45) is 11.3 Å². The zero-order valence-corrected chi connectivity index (χ0v) is 14.4. The van der Waals surface area contributed by atoms with Gasteiger partial charge in [0.25, 0.3) is 0 Å². The summed E-state index contributed by atoms with van der Waals surface area (Å²) in [5, 5.41) is 29.4. The van der Waals surface area contributed by atoms with Crippen molar-refractivity contribution in [1.82, 2.24) is 0 Å². The Hall–Kier alpha value is 0.385. The maximum absolute atomic E-state index is 10.2. The molecule has 0 aliphatic heterocycles. The third-order valence-corrected chi connectivity index (χ3v) is 5.82. The normalized spacial score (nSPS) is 37.5. The van der Waals surface area contributed by atoms with E-state index in [1.165, 1.54) is 0 Å². The van der Waals surface area contributed by atoms with Crippen LogP contribution in [-0.4, -0.2) is 46.1 Å². The molecule has 3 saturated carbocycles. The number of fused-ring (bicyclic) bond motifs is 2. The molecule has 3 aliphatic rings.